The number of pyridine rings is 1. The molecule has 0 saturated heterocycles. The highest BCUT2D eigenvalue weighted by atomic mass is 14.9. The second-order valence-electron chi connectivity index (χ2n) is 4.64. The summed E-state index contributed by atoms with van der Waals surface area (Å²) in [4.78, 5) is 13.2. The summed E-state index contributed by atoms with van der Waals surface area (Å²) in [6.45, 7) is 0. The van der Waals surface area contributed by atoms with Gasteiger partial charge in [-0.05, 0) is 30.8 Å². The predicted molar refractivity (Wildman–Crippen MR) is 79.3 cm³/mol. The fourth-order valence-electron chi connectivity index (χ4n) is 2.39. The third kappa shape index (κ3) is 2.51. The molecule has 100 valence electrons. The van der Waals surface area contributed by atoms with Gasteiger partial charge in [0, 0.05) is 36.7 Å². The van der Waals surface area contributed by atoms with E-state index in [2.05, 4.69) is 26.3 Å². The van der Waals surface area contributed by atoms with Gasteiger partial charge in [0.1, 0.15) is 0 Å². The Morgan fingerprint density at radius 3 is 2.65 bits per heavy atom. The molecule has 0 aliphatic carbocycles. The van der Waals surface area contributed by atoms with Gasteiger partial charge < -0.3 is 5.32 Å². The van der Waals surface area contributed by atoms with E-state index in [-0.39, 0.29) is 6.04 Å². The Labute approximate surface area is 117 Å². The number of benzene rings is 1. The Morgan fingerprint density at radius 2 is 1.85 bits per heavy atom. The second kappa shape index (κ2) is 5.75. The molecule has 2 heterocycles. The van der Waals surface area contributed by atoms with Gasteiger partial charge in [-0.2, -0.15) is 0 Å². The zero-order valence-corrected chi connectivity index (χ0v) is 11.3. The normalized spacial score (nSPS) is 12.4. The first-order valence-electron chi connectivity index (χ1n) is 6.65. The van der Waals surface area contributed by atoms with E-state index in [0.717, 1.165) is 28.7 Å². The molecule has 0 radical (unpaired) electrons. The van der Waals surface area contributed by atoms with Gasteiger partial charge in [0.25, 0.3) is 0 Å². The molecule has 0 aliphatic rings. The summed E-state index contributed by atoms with van der Waals surface area (Å²) >= 11 is 0. The average Bonchev–Trinajstić information content (AvgIpc) is 2.53. The number of nitrogens with one attached hydrogen (secondary N) is 1. The van der Waals surface area contributed by atoms with Crippen molar-refractivity contribution in [2.45, 2.75) is 12.5 Å². The van der Waals surface area contributed by atoms with Crippen molar-refractivity contribution in [2.24, 2.45) is 0 Å². The van der Waals surface area contributed by atoms with Gasteiger partial charge in [-0.3, -0.25) is 15.0 Å². The van der Waals surface area contributed by atoms with Crippen molar-refractivity contribution in [3.8, 4) is 0 Å². The Bertz CT molecular complexity index is 692. The van der Waals surface area contributed by atoms with Gasteiger partial charge in [0.15, 0.2) is 0 Å². The molecule has 0 bridgehead atoms. The van der Waals surface area contributed by atoms with Gasteiger partial charge in [-0.25, -0.2) is 0 Å². The number of likely N-dealkylation sites (N-methyl/N-ethyl adjacent to an activating group) is 1. The summed E-state index contributed by atoms with van der Waals surface area (Å²) < 4.78 is 0. The lowest BCUT2D eigenvalue weighted by Crippen LogP contribution is -2.20. The standard InChI is InChI=1S/C16H16N4/c1-17-15(11-12-5-2-3-8-18-12)13-6-4-7-14-16(13)20-10-9-19-14/h2-10,15,17H,11H2,1H3. The fourth-order valence-corrected chi connectivity index (χ4v) is 2.39. The van der Waals surface area contributed by atoms with Crippen molar-refractivity contribution in [2.75, 3.05) is 7.05 Å². The van der Waals surface area contributed by atoms with Crippen molar-refractivity contribution in [1.29, 1.82) is 0 Å². The van der Waals surface area contributed by atoms with Gasteiger partial charge in [-0.15, -0.1) is 0 Å². The van der Waals surface area contributed by atoms with Gasteiger partial charge in [0.05, 0.1) is 11.0 Å². The zero-order valence-electron chi connectivity index (χ0n) is 11.3. The third-order valence-electron chi connectivity index (χ3n) is 3.39. The molecule has 1 aromatic carbocycles. The summed E-state index contributed by atoms with van der Waals surface area (Å²) in [6.07, 6.45) is 6.11. The van der Waals surface area contributed by atoms with E-state index >= 15 is 0 Å². The first-order chi connectivity index (χ1) is 9.88. The van der Waals surface area contributed by atoms with E-state index in [1.807, 2.05) is 43.6 Å². The van der Waals surface area contributed by atoms with E-state index in [4.69, 9.17) is 0 Å². The molecular weight excluding hydrogens is 248 g/mol. The summed E-state index contributed by atoms with van der Waals surface area (Å²) in [7, 11) is 1.96. The van der Waals surface area contributed by atoms with Crippen LogP contribution in [0.3, 0.4) is 0 Å². The molecule has 0 saturated carbocycles. The van der Waals surface area contributed by atoms with Gasteiger partial charge in [-0.1, -0.05) is 18.2 Å². The maximum Gasteiger partial charge on any atom is 0.0934 e. The van der Waals surface area contributed by atoms with Crippen LogP contribution in [0.15, 0.2) is 55.0 Å². The summed E-state index contributed by atoms with van der Waals surface area (Å²) in [5.41, 5.74) is 4.09. The van der Waals surface area contributed by atoms with Crippen LogP contribution < -0.4 is 5.32 Å². The minimum Gasteiger partial charge on any atom is -0.313 e. The number of hydrogen-bond acceptors (Lipinski definition) is 4. The molecule has 4 nitrogen and oxygen atoms in total. The van der Waals surface area contributed by atoms with Gasteiger partial charge >= 0.3 is 0 Å². The topological polar surface area (TPSA) is 50.7 Å². The van der Waals surface area contributed by atoms with Crippen LogP contribution in [-0.4, -0.2) is 22.0 Å². The van der Waals surface area contributed by atoms with Crippen LogP contribution in [0.5, 0.6) is 0 Å². The lowest BCUT2D eigenvalue weighted by molar-refractivity contribution is 0.587. The molecule has 0 spiro atoms. The Morgan fingerprint density at radius 1 is 0.950 bits per heavy atom. The Hall–Kier alpha value is -2.33. The number of hydrogen-bond donors (Lipinski definition) is 1. The Kier molecular flexibility index (Phi) is 3.65. The summed E-state index contributed by atoms with van der Waals surface area (Å²) in [5.74, 6) is 0. The highest BCUT2D eigenvalue weighted by molar-refractivity contribution is 5.78. The van der Waals surface area contributed by atoms with E-state index in [9.17, 15) is 0 Å². The van der Waals surface area contributed by atoms with Crippen LogP contribution in [0.4, 0.5) is 0 Å². The minimum absolute atomic E-state index is 0.172. The molecule has 2 aromatic heterocycles. The minimum atomic E-state index is 0.172. The molecule has 0 aliphatic heterocycles. The maximum atomic E-state index is 4.47. The van der Waals surface area contributed by atoms with Crippen LogP contribution in [-0.2, 0) is 6.42 Å². The fraction of sp³-hybridized carbons (Fsp3) is 0.188. The number of para-hydroxylation sites is 1. The SMILES string of the molecule is CNC(Cc1ccccn1)c1cccc2nccnc12. The first kappa shape index (κ1) is 12.7. The van der Waals surface area contributed by atoms with Crippen LogP contribution in [0.25, 0.3) is 11.0 Å². The van der Waals surface area contributed by atoms with E-state index in [1.54, 1.807) is 12.4 Å². The third-order valence-corrected chi connectivity index (χ3v) is 3.39. The van der Waals surface area contributed by atoms with Crippen LogP contribution >= 0.6 is 0 Å². The highest BCUT2D eigenvalue weighted by Crippen LogP contribution is 2.23. The monoisotopic (exact) mass is 264 g/mol. The highest BCUT2D eigenvalue weighted by Gasteiger charge is 2.14. The lowest BCUT2D eigenvalue weighted by Gasteiger charge is -2.17. The molecule has 3 aromatic rings. The molecular formula is C16H16N4. The predicted octanol–water partition coefficient (Wildman–Crippen LogP) is 2.53. The molecule has 3 rings (SSSR count). The molecule has 0 fully saturated rings. The molecule has 4 heteroatoms. The van der Waals surface area contributed by atoms with E-state index in [1.165, 1.54) is 0 Å². The molecule has 1 N–H and O–H groups in total. The number of rotatable bonds is 4. The largest absolute Gasteiger partial charge is 0.313 e. The maximum absolute atomic E-state index is 4.47. The number of aromatic nitrogens is 3. The van der Waals surface area contributed by atoms with Crippen LogP contribution in [0, 0.1) is 0 Å². The van der Waals surface area contributed by atoms with Crippen molar-refractivity contribution < 1.29 is 0 Å². The smallest absolute Gasteiger partial charge is 0.0934 e. The van der Waals surface area contributed by atoms with E-state index in [0.29, 0.717) is 0 Å². The average molecular weight is 264 g/mol. The second-order valence-corrected chi connectivity index (χ2v) is 4.64. The van der Waals surface area contributed by atoms with Crippen molar-refractivity contribution in [3.63, 3.8) is 0 Å². The number of fused-ring (bicyclic) bond motifs is 1. The molecule has 1 unspecified atom stereocenters. The number of nitrogens with zero attached hydrogens (tertiary/aromatic N) is 3. The molecule has 1 atom stereocenters. The summed E-state index contributed by atoms with van der Waals surface area (Å²) in [5, 5.41) is 3.35. The van der Waals surface area contributed by atoms with Crippen molar-refractivity contribution in [3.05, 3.63) is 66.2 Å². The van der Waals surface area contributed by atoms with Crippen molar-refractivity contribution >= 4 is 11.0 Å². The first-order valence-corrected chi connectivity index (χ1v) is 6.65. The molecule has 20 heavy (non-hydrogen) atoms. The summed E-state index contributed by atoms with van der Waals surface area (Å²) in [6, 6.07) is 12.3. The quantitative estimate of drug-likeness (QED) is 0.786. The van der Waals surface area contributed by atoms with Crippen molar-refractivity contribution in [1.82, 2.24) is 20.3 Å². The van der Waals surface area contributed by atoms with E-state index < -0.39 is 0 Å². The van der Waals surface area contributed by atoms with Crippen LogP contribution in [0.2, 0.25) is 0 Å². The molecule has 0 amide bonds. The van der Waals surface area contributed by atoms with Crippen LogP contribution in [0.1, 0.15) is 17.3 Å². The zero-order chi connectivity index (χ0) is 13.8. The lowest BCUT2D eigenvalue weighted by atomic mass is 10.00. The van der Waals surface area contributed by atoms with Gasteiger partial charge in [0.2, 0.25) is 0 Å². The Balaban J connectivity index is 1.99.